The molecule has 0 spiro atoms. The van der Waals surface area contributed by atoms with E-state index in [4.69, 9.17) is 4.74 Å². The lowest BCUT2D eigenvalue weighted by molar-refractivity contribution is -0.141. The van der Waals surface area contributed by atoms with Crippen LogP contribution in [0.4, 0.5) is 5.69 Å². The van der Waals surface area contributed by atoms with E-state index in [-0.39, 0.29) is 18.3 Å². The van der Waals surface area contributed by atoms with Gasteiger partial charge in [-0.2, -0.15) is 0 Å². The first kappa shape index (κ1) is 14.8. The molecule has 3 rings (SSSR count). The number of rotatable bonds is 3. The average molecular weight is 360 g/mol. The molecule has 0 saturated carbocycles. The fourth-order valence-electron chi connectivity index (χ4n) is 2.53. The van der Waals surface area contributed by atoms with Crippen molar-refractivity contribution in [3.63, 3.8) is 0 Å². The van der Waals surface area contributed by atoms with E-state index in [0.29, 0.717) is 5.69 Å². The van der Waals surface area contributed by atoms with Crippen molar-refractivity contribution < 1.29 is 14.3 Å². The Morgan fingerprint density at radius 3 is 2.64 bits per heavy atom. The zero-order valence-electron chi connectivity index (χ0n) is 11.7. The van der Waals surface area contributed by atoms with E-state index in [9.17, 15) is 9.59 Å². The van der Waals surface area contributed by atoms with Crippen LogP contribution in [0.2, 0.25) is 0 Å². The Morgan fingerprint density at radius 2 is 1.91 bits per heavy atom. The predicted octanol–water partition coefficient (Wildman–Crippen LogP) is 3.69. The molecule has 1 saturated heterocycles. The SMILES string of the molecule is O=C1C[C@H](C(=O)Nc2cccc(Br)c2)[C@H](c2ccccc2)O1. The van der Waals surface area contributed by atoms with Gasteiger partial charge in [0.05, 0.1) is 12.3 Å². The number of amides is 1. The molecule has 2 aromatic carbocycles. The summed E-state index contributed by atoms with van der Waals surface area (Å²) in [4.78, 5) is 24.1. The predicted molar refractivity (Wildman–Crippen MR) is 86.2 cm³/mol. The highest BCUT2D eigenvalue weighted by molar-refractivity contribution is 9.10. The molecule has 1 N–H and O–H groups in total. The lowest BCUT2D eigenvalue weighted by atomic mass is 9.94. The normalized spacial score (nSPS) is 20.5. The summed E-state index contributed by atoms with van der Waals surface area (Å²) in [6, 6.07) is 16.7. The lowest BCUT2D eigenvalue weighted by Gasteiger charge is -2.17. The molecule has 5 heteroatoms. The number of hydrogen-bond acceptors (Lipinski definition) is 3. The maximum absolute atomic E-state index is 12.5. The summed E-state index contributed by atoms with van der Waals surface area (Å²) >= 11 is 3.36. The third-order valence-corrected chi connectivity index (χ3v) is 4.06. The van der Waals surface area contributed by atoms with Crippen LogP contribution in [0.1, 0.15) is 18.1 Å². The molecule has 1 aliphatic heterocycles. The Labute approximate surface area is 136 Å². The number of esters is 1. The van der Waals surface area contributed by atoms with Gasteiger partial charge in [0.1, 0.15) is 6.10 Å². The number of anilines is 1. The molecule has 1 aliphatic rings. The van der Waals surface area contributed by atoms with E-state index in [1.54, 1.807) is 6.07 Å². The van der Waals surface area contributed by atoms with Gasteiger partial charge in [0.15, 0.2) is 0 Å². The van der Waals surface area contributed by atoms with Gasteiger partial charge in [-0.15, -0.1) is 0 Å². The van der Waals surface area contributed by atoms with E-state index >= 15 is 0 Å². The van der Waals surface area contributed by atoms with Crippen LogP contribution in [0.15, 0.2) is 59.1 Å². The van der Waals surface area contributed by atoms with Crippen molar-refractivity contribution in [3.8, 4) is 0 Å². The molecule has 1 fully saturated rings. The fraction of sp³-hybridized carbons (Fsp3) is 0.176. The maximum atomic E-state index is 12.5. The standard InChI is InChI=1S/C17H14BrNO3/c18-12-7-4-8-13(9-12)19-17(21)14-10-15(20)22-16(14)11-5-2-1-3-6-11/h1-9,14,16H,10H2,(H,19,21)/t14-,16-/m0/s1. The molecule has 0 unspecified atom stereocenters. The molecule has 0 aliphatic carbocycles. The van der Waals surface area contributed by atoms with Crippen molar-refractivity contribution in [2.24, 2.45) is 5.92 Å². The first-order valence-electron chi connectivity index (χ1n) is 6.94. The molecule has 0 radical (unpaired) electrons. The molecule has 112 valence electrons. The monoisotopic (exact) mass is 359 g/mol. The van der Waals surface area contributed by atoms with Crippen molar-refractivity contribution in [3.05, 3.63) is 64.6 Å². The second kappa shape index (κ2) is 6.32. The highest BCUT2D eigenvalue weighted by Crippen LogP contribution is 2.36. The minimum absolute atomic E-state index is 0.0966. The lowest BCUT2D eigenvalue weighted by Crippen LogP contribution is -2.25. The summed E-state index contributed by atoms with van der Waals surface area (Å²) in [5.74, 6) is -1.07. The van der Waals surface area contributed by atoms with Gasteiger partial charge < -0.3 is 10.1 Å². The highest BCUT2D eigenvalue weighted by Gasteiger charge is 2.40. The van der Waals surface area contributed by atoms with Gasteiger partial charge in [-0.25, -0.2) is 0 Å². The topological polar surface area (TPSA) is 55.4 Å². The Hall–Kier alpha value is -2.14. The Kier molecular flexibility index (Phi) is 4.24. The van der Waals surface area contributed by atoms with Crippen LogP contribution in [0.5, 0.6) is 0 Å². The van der Waals surface area contributed by atoms with Crippen LogP contribution in [0, 0.1) is 5.92 Å². The van der Waals surface area contributed by atoms with Crippen LogP contribution < -0.4 is 5.32 Å². The summed E-state index contributed by atoms with van der Waals surface area (Å²) in [5, 5.41) is 2.84. The highest BCUT2D eigenvalue weighted by atomic mass is 79.9. The third-order valence-electron chi connectivity index (χ3n) is 3.57. The molecule has 4 nitrogen and oxygen atoms in total. The minimum Gasteiger partial charge on any atom is -0.457 e. The van der Waals surface area contributed by atoms with Gasteiger partial charge in [-0.05, 0) is 23.8 Å². The third kappa shape index (κ3) is 3.20. The number of cyclic esters (lactones) is 1. The molecule has 0 aromatic heterocycles. The molecular weight excluding hydrogens is 346 g/mol. The zero-order valence-corrected chi connectivity index (χ0v) is 13.2. The van der Waals surface area contributed by atoms with E-state index in [0.717, 1.165) is 10.0 Å². The first-order chi connectivity index (χ1) is 10.6. The van der Waals surface area contributed by atoms with Crippen LogP contribution >= 0.6 is 15.9 Å². The van der Waals surface area contributed by atoms with Crippen molar-refractivity contribution in [1.82, 2.24) is 0 Å². The molecule has 2 aromatic rings. The van der Waals surface area contributed by atoms with E-state index in [2.05, 4.69) is 21.2 Å². The van der Waals surface area contributed by atoms with Gasteiger partial charge in [0.2, 0.25) is 5.91 Å². The number of nitrogens with one attached hydrogen (secondary N) is 1. The average Bonchev–Trinajstić information content (AvgIpc) is 2.90. The van der Waals surface area contributed by atoms with Crippen molar-refractivity contribution in [2.45, 2.75) is 12.5 Å². The van der Waals surface area contributed by atoms with E-state index < -0.39 is 12.0 Å². The number of carbonyl (C=O) groups is 2. The number of carbonyl (C=O) groups excluding carboxylic acids is 2. The van der Waals surface area contributed by atoms with Crippen molar-refractivity contribution >= 4 is 33.5 Å². The van der Waals surface area contributed by atoms with Crippen LogP contribution in [-0.2, 0) is 14.3 Å². The summed E-state index contributed by atoms with van der Waals surface area (Å²) in [6.07, 6.45) is -0.430. The van der Waals surface area contributed by atoms with Crippen LogP contribution in [-0.4, -0.2) is 11.9 Å². The van der Waals surface area contributed by atoms with E-state index in [1.165, 1.54) is 0 Å². The molecule has 0 bridgehead atoms. The Balaban J connectivity index is 1.79. The summed E-state index contributed by atoms with van der Waals surface area (Å²) in [6.45, 7) is 0. The Bertz CT molecular complexity index is 702. The molecule has 1 amide bonds. The zero-order chi connectivity index (χ0) is 15.5. The van der Waals surface area contributed by atoms with Crippen molar-refractivity contribution in [1.29, 1.82) is 0 Å². The van der Waals surface area contributed by atoms with Gasteiger partial charge >= 0.3 is 5.97 Å². The van der Waals surface area contributed by atoms with Gasteiger partial charge in [0.25, 0.3) is 0 Å². The van der Waals surface area contributed by atoms with Crippen molar-refractivity contribution in [2.75, 3.05) is 5.32 Å². The number of benzene rings is 2. The summed E-state index contributed by atoms with van der Waals surface area (Å²) in [5.41, 5.74) is 1.52. The molecular formula is C17H14BrNO3. The number of halogens is 1. The number of ether oxygens (including phenoxy) is 1. The van der Waals surface area contributed by atoms with Crippen LogP contribution in [0.3, 0.4) is 0 Å². The second-order valence-corrected chi connectivity index (χ2v) is 6.05. The first-order valence-corrected chi connectivity index (χ1v) is 7.73. The smallest absolute Gasteiger partial charge is 0.307 e. The Morgan fingerprint density at radius 1 is 1.14 bits per heavy atom. The van der Waals surface area contributed by atoms with Crippen LogP contribution in [0.25, 0.3) is 0 Å². The summed E-state index contributed by atoms with van der Waals surface area (Å²) in [7, 11) is 0. The van der Waals surface area contributed by atoms with Gasteiger partial charge in [-0.3, -0.25) is 9.59 Å². The van der Waals surface area contributed by atoms with Gasteiger partial charge in [-0.1, -0.05) is 52.3 Å². The van der Waals surface area contributed by atoms with E-state index in [1.807, 2.05) is 48.5 Å². The minimum atomic E-state index is -0.527. The number of hydrogen-bond donors (Lipinski definition) is 1. The quantitative estimate of drug-likeness (QED) is 0.850. The maximum Gasteiger partial charge on any atom is 0.307 e. The summed E-state index contributed by atoms with van der Waals surface area (Å²) < 4.78 is 6.21. The molecule has 2 atom stereocenters. The molecule has 1 heterocycles. The largest absolute Gasteiger partial charge is 0.457 e. The van der Waals surface area contributed by atoms with Gasteiger partial charge in [0, 0.05) is 10.2 Å². The fourth-order valence-corrected chi connectivity index (χ4v) is 2.93. The second-order valence-electron chi connectivity index (χ2n) is 5.13. The molecule has 22 heavy (non-hydrogen) atoms.